The Hall–Kier alpha value is -6.09. The maximum absolute atomic E-state index is 2.42. The molecule has 1 heterocycles. The van der Waals surface area contributed by atoms with Crippen LogP contribution in [0.5, 0.6) is 0 Å². The minimum absolute atomic E-state index is 0.0515. The monoisotopic (exact) mass is 709 g/mol. The third-order valence-corrected chi connectivity index (χ3v) is 12.7. The molecular formula is C52H39NS. The smallest absolute Gasteiger partial charge is 0.0714 e. The zero-order chi connectivity index (χ0) is 36.3. The Labute approximate surface area is 322 Å². The van der Waals surface area contributed by atoms with E-state index in [1.165, 1.54) is 65.4 Å². The molecule has 0 N–H and O–H groups in total. The van der Waals surface area contributed by atoms with Gasteiger partial charge in [-0.3, -0.25) is 0 Å². The van der Waals surface area contributed by atoms with E-state index in [0.717, 1.165) is 17.1 Å². The lowest BCUT2D eigenvalue weighted by Crippen LogP contribution is -2.28. The van der Waals surface area contributed by atoms with Crippen LogP contribution in [-0.2, 0) is 10.8 Å². The van der Waals surface area contributed by atoms with Gasteiger partial charge in [0.1, 0.15) is 0 Å². The number of hydrogen-bond acceptors (Lipinski definition) is 2. The number of benzene rings is 8. The lowest BCUT2D eigenvalue weighted by Gasteiger charge is -2.35. The van der Waals surface area contributed by atoms with Gasteiger partial charge in [-0.1, -0.05) is 177 Å². The highest BCUT2D eigenvalue weighted by Crippen LogP contribution is 2.57. The van der Waals surface area contributed by atoms with Crippen LogP contribution in [0.25, 0.3) is 22.3 Å². The van der Waals surface area contributed by atoms with Gasteiger partial charge in [0.05, 0.1) is 5.41 Å². The maximum atomic E-state index is 2.42. The van der Waals surface area contributed by atoms with Crippen LogP contribution in [0.2, 0.25) is 0 Å². The molecule has 0 atom stereocenters. The zero-order valence-electron chi connectivity index (χ0n) is 30.4. The first-order valence-electron chi connectivity index (χ1n) is 18.8. The molecule has 0 saturated carbocycles. The summed E-state index contributed by atoms with van der Waals surface area (Å²) in [7, 11) is 0. The number of anilines is 3. The minimum Gasteiger partial charge on any atom is -0.310 e. The molecule has 8 aromatic rings. The van der Waals surface area contributed by atoms with Crippen molar-refractivity contribution in [3.8, 4) is 22.3 Å². The molecule has 2 aliphatic rings. The van der Waals surface area contributed by atoms with Crippen molar-refractivity contribution in [1.29, 1.82) is 0 Å². The van der Waals surface area contributed by atoms with Crippen molar-refractivity contribution < 1.29 is 0 Å². The molecule has 2 heteroatoms. The normalized spacial score (nSPS) is 14.3. The van der Waals surface area contributed by atoms with Gasteiger partial charge >= 0.3 is 0 Å². The molecule has 0 spiro atoms. The highest BCUT2D eigenvalue weighted by atomic mass is 32.2. The summed E-state index contributed by atoms with van der Waals surface area (Å²) in [5.41, 5.74) is 15.8. The van der Waals surface area contributed by atoms with Crippen LogP contribution in [0.15, 0.2) is 210 Å². The molecule has 10 rings (SSSR count). The second-order valence-corrected chi connectivity index (χ2v) is 16.0. The zero-order valence-corrected chi connectivity index (χ0v) is 31.2. The van der Waals surface area contributed by atoms with E-state index in [4.69, 9.17) is 0 Å². The van der Waals surface area contributed by atoms with Crippen LogP contribution < -0.4 is 4.90 Å². The van der Waals surface area contributed by atoms with Crippen molar-refractivity contribution in [1.82, 2.24) is 0 Å². The third kappa shape index (κ3) is 5.01. The molecule has 0 radical (unpaired) electrons. The molecule has 0 amide bonds. The van der Waals surface area contributed by atoms with Crippen LogP contribution in [0.4, 0.5) is 17.1 Å². The second-order valence-electron chi connectivity index (χ2n) is 14.9. The molecule has 0 bridgehead atoms. The molecule has 54 heavy (non-hydrogen) atoms. The van der Waals surface area contributed by atoms with Crippen LogP contribution in [0.3, 0.4) is 0 Å². The average Bonchev–Trinajstić information content (AvgIpc) is 3.53. The lowest BCUT2D eigenvalue weighted by molar-refractivity contribution is 0.607. The van der Waals surface area contributed by atoms with Gasteiger partial charge in [0.15, 0.2) is 0 Å². The Morgan fingerprint density at radius 2 is 0.889 bits per heavy atom. The standard InChI is InChI=1S/C52H39NS/c1-51(2)47-29-13-14-30-49(47)54-50-34-37(31-32-48(50)51)36-17-15-23-41(33-36)53(40-21-7-4-8-22-40)42-24-16-20-39(35-42)52(38-18-5-3-6-19-38)45-27-11-9-25-43(45)44-26-10-12-28-46(44)52/h3-35H,1-2H3. The molecular weight excluding hydrogens is 671 g/mol. The largest absolute Gasteiger partial charge is 0.310 e. The maximum Gasteiger partial charge on any atom is 0.0714 e. The molecule has 8 aromatic carbocycles. The van der Waals surface area contributed by atoms with Crippen molar-refractivity contribution in [3.05, 3.63) is 234 Å². The summed E-state index contributed by atoms with van der Waals surface area (Å²) in [4.78, 5) is 5.08. The van der Waals surface area contributed by atoms with Gasteiger partial charge in [-0.25, -0.2) is 0 Å². The Morgan fingerprint density at radius 1 is 0.370 bits per heavy atom. The summed E-state index contributed by atoms with van der Waals surface area (Å²) < 4.78 is 0. The van der Waals surface area contributed by atoms with Crippen molar-refractivity contribution in [2.45, 2.75) is 34.5 Å². The number of para-hydroxylation sites is 1. The number of rotatable bonds is 6. The van der Waals surface area contributed by atoms with Crippen molar-refractivity contribution in [2.24, 2.45) is 0 Å². The van der Waals surface area contributed by atoms with E-state index in [2.05, 4.69) is 219 Å². The quantitative estimate of drug-likeness (QED) is 0.169. The summed E-state index contributed by atoms with van der Waals surface area (Å²) in [5, 5.41) is 0. The fourth-order valence-corrected chi connectivity index (χ4v) is 10.5. The summed E-state index contributed by atoms with van der Waals surface area (Å²) in [6.45, 7) is 4.70. The van der Waals surface area contributed by atoms with Crippen LogP contribution in [0.1, 0.15) is 47.2 Å². The molecule has 0 fully saturated rings. The lowest BCUT2D eigenvalue weighted by atomic mass is 9.67. The predicted octanol–water partition coefficient (Wildman–Crippen LogP) is 14.0. The van der Waals surface area contributed by atoms with E-state index >= 15 is 0 Å². The third-order valence-electron chi connectivity index (χ3n) is 11.6. The first-order chi connectivity index (χ1) is 26.5. The van der Waals surface area contributed by atoms with E-state index < -0.39 is 5.41 Å². The highest BCUT2D eigenvalue weighted by Gasteiger charge is 2.46. The molecule has 0 aromatic heterocycles. The van der Waals surface area contributed by atoms with Gasteiger partial charge in [-0.2, -0.15) is 0 Å². The van der Waals surface area contributed by atoms with Gasteiger partial charge in [-0.05, 0) is 104 Å². The molecule has 0 unspecified atom stereocenters. The van der Waals surface area contributed by atoms with Gasteiger partial charge < -0.3 is 4.90 Å². The summed E-state index contributed by atoms with van der Waals surface area (Å²) in [6, 6.07) is 73.9. The fraction of sp³-hybridized carbons (Fsp3) is 0.0769. The van der Waals surface area contributed by atoms with Crippen LogP contribution in [0, 0.1) is 0 Å². The van der Waals surface area contributed by atoms with Crippen molar-refractivity contribution >= 4 is 28.8 Å². The molecule has 1 nitrogen and oxygen atoms in total. The number of fused-ring (bicyclic) bond motifs is 5. The van der Waals surface area contributed by atoms with E-state index in [1.54, 1.807) is 0 Å². The van der Waals surface area contributed by atoms with Gasteiger partial charge in [0.2, 0.25) is 0 Å². The molecule has 0 saturated heterocycles. The Kier molecular flexibility index (Phi) is 7.71. The highest BCUT2D eigenvalue weighted by molar-refractivity contribution is 7.99. The summed E-state index contributed by atoms with van der Waals surface area (Å²) >= 11 is 1.89. The number of hydrogen-bond donors (Lipinski definition) is 0. The van der Waals surface area contributed by atoms with Crippen LogP contribution in [-0.4, -0.2) is 0 Å². The van der Waals surface area contributed by atoms with Crippen molar-refractivity contribution in [2.75, 3.05) is 4.90 Å². The van der Waals surface area contributed by atoms with E-state index in [0.29, 0.717) is 0 Å². The Bertz CT molecular complexity index is 2630. The second kappa shape index (κ2) is 12.8. The Balaban J connectivity index is 1.13. The SMILES string of the molecule is CC1(C)c2ccccc2Sc2cc(-c3cccc(N(c4ccccc4)c4cccc(C5(c6ccccc6)c6ccccc6-c6ccccc65)c4)c3)ccc21. The number of nitrogens with zero attached hydrogens (tertiary/aromatic N) is 1. The first kappa shape index (κ1) is 32.6. The first-order valence-corrected chi connectivity index (χ1v) is 19.6. The van der Waals surface area contributed by atoms with Gasteiger partial charge in [0, 0.05) is 32.3 Å². The van der Waals surface area contributed by atoms with Gasteiger partial charge in [0.25, 0.3) is 0 Å². The molecule has 1 aliphatic heterocycles. The van der Waals surface area contributed by atoms with E-state index in [9.17, 15) is 0 Å². The Morgan fingerprint density at radius 3 is 1.61 bits per heavy atom. The molecule has 258 valence electrons. The van der Waals surface area contributed by atoms with E-state index in [-0.39, 0.29) is 5.41 Å². The van der Waals surface area contributed by atoms with Crippen molar-refractivity contribution in [3.63, 3.8) is 0 Å². The predicted molar refractivity (Wildman–Crippen MR) is 227 cm³/mol. The molecule has 1 aliphatic carbocycles. The fourth-order valence-electron chi connectivity index (χ4n) is 9.08. The summed E-state index contributed by atoms with van der Waals surface area (Å²) in [5.74, 6) is 0. The van der Waals surface area contributed by atoms with Crippen LogP contribution >= 0.6 is 11.8 Å². The summed E-state index contributed by atoms with van der Waals surface area (Å²) in [6.07, 6.45) is 0. The topological polar surface area (TPSA) is 3.24 Å². The van der Waals surface area contributed by atoms with E-state index in [1.807, 2.05) is 11.8 Å². The minimum atomic E-state index is -0.470. The average molecular weight is 710 g/mol. The van der Waals surface area contributed by atoms with Gasteiger partial charge in [-0.15, -0.1) is 0 Å².